The van der Waals surface area contributed by atoms with Crippen molar-refractivity contribution < 1.29 is 4.39 Å². The molecule has 2 nitrogen and oxygen atoms in total. The van der Waals surface area contributed by atoms with Crippen LogP contribution in [0.5, 0.6) is 0 Å². The Morgan fingerprint density at radius 3 is 2.78 bits per heavy atom. The lowest BCUT2D eigenvalue weighted by Gasteiger charge is -2.18. The van der Waals surface area contributed by atoms with Crippen LogP contribution >= 0.6 is 15.9 Å². The van der Waals surface area contributed by atoms with Crippen LogP contribution in [0.1, 0.15) is 24.9 Å². The first-order valence-corrected chi connectivity index (χ1v) is 6.62. The zero-order valence-corrected chi connectivity index (χ0v) is 11.6. The third-order valence-corrected chi connectivity index (χ3v) is 3.22. The summed E-state index contributed by atoms with van der Waals surface area (Å²) in [4.78, 5) is 3.64. The molecule has 0 fully saturated rings. The van der Waals surface area contributed by atoms with Gasteiger partial charge >= 0.3 is 0 Å². The minimum atomic E-state index is -0.462. The van der Waals surface area contributed by atoms with Crippen LogP contribution in [0.4, 0.5) is 10.1 Å². The van der Waals surface area contributed by atoms with E-state index in [1.54, 1.807) is 6.07 Å². The second-order valence-corrected chi connectivity index (χ2v) is 4.95. The Kier molecular flexibility index (Phi) is 4.31. The minimum absolute atomic E-state index is 0.190. The summed E-state index contributed by atoms with van der Waals surface area (Å²) >= 11 is 3.46. The summed E-state index contributed by atoms with van der Waals surface area (Å²) in [7, 11) is 0. The van der Waals surface area contributed by atoms with Gasteiger partial charge in [0.25, 0.3) is 0 Å². The molecular formula is C14H14BrFN2. The Labute approximate surface area is 114 Å². The molecule has 1 N–H and O–H groups in total. The van der Waals surface area contributed by atoms with Crippen molar-refractivity contribution in [3.05, 3.63) is 58.6 Å². The molecule has 18 heavy (non-hydrogen) atoms. The zero-order chi connectivity index (χ0) is 13.0. The van der Waals surface area contributed by atoms with E-state index in [1.807, 2.05) is 12.1 Å². The van der Waals surface area contributed by atoms with Crippen LogP contribution in [0.2, 0.25) is 0 Å². The maximum Gasteiger partial charge on any atom is 0.212 e. The van der Waals surface area contributed by atoms with Crippen LogP contribution < -0.4 is 5.32 Å². The molecule has 0 spiro atoms. The number of hydrogen-bond acceptors (Lipinski definition) is 2. The van der Waals surface area contributed by atoms with Crippen molar-refractivity contribution in [3.63, 3.8) is 0 Å². The molecule has 0 saturated carbocycles. The number of pyridine rings is 1. The third-order valence-electron chi connectivity index (χ3n) is 2.73. The standard InChI is InChI=1S/C14H14BrFN2/c1-2-13(10-4-3-5-11(15)8-10)18-12-6-7-14(16)17-9-12/h3-9,13,18H,2H2,1H3. The van der Waals surface area contributed by atoms with E-state index in [0.717, 1.165) is 16.6 Å². The highest BCUT2D eigenvalue weighted by molar-refractivity contribution is 9.10. The zero-order valence-electron chi connectivity index (χ0n) is 10.0. The van der Waals surface area contributed by atoms with Gasteiger partial charge in [-0.1, -0.05) is 35.0 Å². The highest BCUT2D eigenvalue weighted by Crippen LogP contribution is 2.24. The summed E-state index contributed by atoms with van der Waals surface area (Å²) in [5.41, 5.74) is 2.01. The summed E-state index contributed by atoms with van der Waals surface area (Å²) in [5.74, 6) is -0.462. The van der Waals surface area contributed by atoms with E-state index < -0.39 is 5.95 Å². The summed E-state index contributed by atoms with van der Waals surface area (Å²) in [6.45, 7) is 2.11. The predicted octanol–water partition coefficient (Wildman–Crippen LogP) is 4.55. The number of halogens is 2. The van der Waals surface area contributed by atoms with Gasteiger partial charge in [-0.05, 0) is 36.2 Å². The number of aromatic nitrogens is 1. The van der Waals surface area contributed by atoms with Gasteiger partial charge in [0.2, 0.25) is 5.95 Å². The van der Waals surface area contributed by atoms with Crippen molar-refractivity contribution in [1.29, 1.82) is 0 Å². The van der Waals surface area contributed by atoms with Gasteiger partial charge in [0.05, 0.1) is 17.9 Å². The van der Waals surface area contributed by atoms with Crippen LogP contribution in [0.15, 0.2) is 47.1 Å². The van der Waals surface area contributed by atoms with E-state index >= 15 is 0 Å². The predicted molar refractivity (Wildman–Crippen MR) is 75.0 cm³/mol. The van der Waals surface area contributed by atoms with E-state index in [0.29, 0.717) is 0 Å². The fraction of sp³-hybridized carbons (Fsp3) is 0.214. The average molecular weight is 309 g/mol. The van der Waals surface area contributed by atoms with E-state index in [2.05, 4.69) is 45.3 Å². The van der Waals surface area contributed by atoms with Gasteiger partial charge in [-0.25, -0.2) is 4.98 Å². The molecule has 2 aromatic rings. The van der Waals surface area contributed by atoms with Crippen LogP contribution in [0, 0.1) is 5.95 Å². The maximum atomic E-state index is 12.7. The van der Waals surface area contributed by atoms with Crippen LogP contribution in [0.3, 0.4) is 0 Å². The molecule has 1 heterocycles. The molecule has 0 saturated heterocycles. The van der Waals surface area contributed by atoms with Gasteiger partial charge in [0.15, 0.2) is 0 Å². The molecule has 0 bridgehead atoms. The molecule has 0 amide bonds. The van der Waals surface area contributed by atoms with Crippen molar-refractivity contribution in [2.45, 2.75) is 19.4 Å². The van der Waals surface area contributed by atoms with Gasteiger partial charge in [0.1, 0.15) is 0 Å². The Morgan fingerprint density at radius 2 is 2.17 bits per heavy atom. The molecule has 1 unspecified atom stereocenters. The van der Waals surface area contributed by atoms with Crippen LogP contribution in [0.25, 0.3) is 0 Å². The third kappa shape index (κ3) is 3.29. The highest BCUT2D eigenvalue weighted by atomic mass is 79.9. The van der Waals surface area contributed by atoms with E-state index in [4.69, 9.17) is 0 Å². The quantitative estimate of drug-likeness (QED) is 0.838. The smallest absolute Gasteiger partial charge is 0.212 e. The van der Waals surface area contributed by atoms with Crippen molar-refractivity contribution in [2.75, 3.05) is 5.32 Å². The lowest BCUT2D eigenvalue weighted by atomic mass is 10.0. The summed E-state index contributed by atoms with van der Waals surface area (Å²) in [6.07, 6.45) is 2.45. The fourth-order valence-electron chi connectivity index (χ4n) is 1.81. The lowest BCUT2D eigenvalue weighted by molar-refractivity contribution is 0.583. The monoisotopic (exact) mass is 308 g/mol. The number of anilines is 1. The van der Waals surface area contributed by atoms with Gasteiger partial charge < -0.3 is 5.32 Å². The van der Waals surface area contributed by atoms with E-state index in [-0.39, 0.29) is 6.04 Å². The number of nitrogens with zero attached hydrogens (tertiary/aromatic N) is 1. The maximum absolute atomic E-state index is 12.7. The average Bonchev–Trinajstić information content (AvgIpc) is 2.38. The largest absolute Gasteiger partial charge is 0.377 e. The molecule has 94 valence electrons. The summed E-state index contributed by atoms with van der Waals surface area (Å²) < 4.78 is 13.8. The Morgan fingerprint density at radius 1 is 1.33 bits per heavy atom. The first-order chi connectivity index (χ1) is 8.69. The molecule has 1 atom stereocenters. The number of benzene rings is 1. The van der Waals surface area contributed by atoms with Gasteiger partial charge in [-0.15, -0.1) is 0 Å². The summed E-state index contributed by atoms with van der Waals surface area (Å²) in [6, 6.07) is 11.4. The molecule has 4 heteroatoms. The van der Waals surface area contributed by atoms with Crippen LogP contribution in [-0.2, 0) is 0 Å². The van der Waals surface area contributed by atoms with Crippen LogP contribution in [-0.4, -0.2) is 4.98 Å². The lowest BCUT2D eigenvalue weighted by Crippen LogP contribution is -2.09. The fourth-order valence-corrected chi connectivity index (χ4v) is 2.22. The molecule has 0 aliphatic carbocycles. The molecule has 0 radical (unpaired) electrons. The van der Waals surface area contributed by atoms with E-state index in [1.165, 1.54) is 17.8 Å². The molecule has 2 rings (SSSR count). The Hall–Kier alpha value is -1.42. The van der Waals surface area contributed by atoms with Gasteiger partial charge in [0, 0.05) is 4.47 Å². The number of rotatable bonds is 4. The van der Waals surface area contributed by atoms with Crippen molar-refractivity contribution in [1.82, 2.24) is 4.98 Å². The normalized spacial score (nSPS) is 12.2. The first-order valence-electron chi connectivity index (χ1n) is 5.82. The van der Waals surface area contributed by atoms with E-state index in [9.17, 15) is 4.39 Å². The molecule has 1 aromatic heterocycles. The second-order valence-electron chi connectivity index (χ2n) is 4.03. The molecule has 1 aromatic carbocycles. The van der Waals surface area contributed by atoms with Crippen molar-refractivity contribution in [2.24, 2.45) is 0 Å². The van der Waals surface area contributed by atoms with Gasteiger partial charge in [-0.2, -0.15) is 4.39 Å². The minimum Gasteiger partial charge on any atom is -0.377 e. The SMILES string of the molecule is CCC(Nc1ccc(F)nc1)c1cccc(Br)c1. The Bertz CT molecular complexity index is 513. The number of nitrogens with one attached hydrogen (secondary N) is 1. The van der Waals surface area contributed by atoms with Crippen molar-refractivity contribution >= 4 is 21.6 Å². The first kappa shape index (κ1) is 13.0. The highest BCUT2D eigenvalue weighted by Gasteiger charge is 2.09. The molecule has 0 aliphatic heterocycles. The molecular weight excluding hydrogens is 295 g/mol. The summed E-state index contributed by atoms with van der Waals surface area (Å²) in [5, 5.41) is 3.35. The number of hydrogen-bond donors (Lipinski definition) is 1. The Balaban J connectivity index is 2.17. The topological polar surface area (TPSA) is 24.9 Å². The van der Waals surface area contributed by atoms with Crippen molar-refractivity contribution in [3.8, 4) is 0 Å². The molecule has 0 aliphatic rings. The second kappa shape index (κ2) is 5.96. The van der Waals surface area contributed by atoms with Gasteiger partial charge in [-0.3, -0.25) is 0 Å².